The van der Waals surface area contributed by atoms with Gasteiger partial charge in [0.05, 0.1) is 19.8 Å². The maximum atomic E-state index is 12.7. The number of nitrogens with zero attached hydrogens (tertiary/aromatic N) is 1. The van der Waals surface area contributed by atoms with Crippen molar-refractivity contribution in [3.8, 4) is 0 Å². The van der Waals surface area contributed by atoms with Gasteiger partial charge >= 0.3 is 5.91 Å². The van der Waals surface area contributed by atoms with E-state index in [0.717, 1.165) is 5.39 Å². The van der Waals surface area contributed by atoms with Gasteiger partial charge in [-0.1, -0.05) is 23.2 Å². The number of anilines is 1. The van der Waals surface area contributed by atoms with Crippen molar-refractivity contribution < 1.29 is 9.00 Å². The van der Waals surface area contributed by atoms with Crippen LogP contribution in [0.5, 0.6) is 0 Å². The lowest BCUT2D eigenvalue weighted by Crippen LogP contribution is -2.04. The maximum Gasteiger partial charge on any atom is 0.301 e. The van der Waals surface area contributed by atoms with Gasteiger partial charge in [0.2, 0.25) is 0 Å². The molecular weight excluding hydrogens is 369 g/mol. The lowest BCUT2D eigenvalue weighted by molar-refractivity contribution is 0.100. The lowest BCUT2D eigenvalue weighted by Gasteiger charge is -2.03. The second-order valence-corrected chi connectivity index (χ2v) is 8.38. The molecule has 8 heteroatoms. The molecule has 1 heterocycles. The predicted molar refractivity (Wildman–Crippen MR) is 98.3 cm³/mol. The van der Waals surface area contributed by atoms with Crippen LogP contribution in [-0.2, 0) is 9.73 Å². The third-order valence-corrected chi connectivity index (χ3v) is 5.85. The zero-order valence-corrected chi connectivity index (χ0v) is 14.9. The fourth-order valence-corrected chi connectivity index (χ4v) is 3.72. The molecule has 3 aromatic rings. The maximum absolute atomic E-state index is 12.7. The summed E-state index contributed by atoms with van der Waals surface area (Å²) in [7, 11) is -2.88. The minimum atomic E-state index is -2.88. The number of nitrogen functional groups attached to an aromatic ring is 1. The number of carbonyl (C=O) groups is 1. The third-order valence-electron chi connectivity index (χ3n) is 3.47. The molecule has 1 amide bonds. The van der Waals surface area contributed by atoms with Crippen LogP contribution >= 0.6 is 23.2 Å². The summed E-state index contributed by atoms with van der Waals surface area (Å²) < 4.78 is 16.6. The van der Waals surface area contributed by atoms with Crippen molar-refractivity contribution in [2.24, 2.45) is 4.36 Å². The molecule has 124 valence electrons. The Morgan fingerprint density at radius 2 is 1.75 bits per heavy atom. The molecule has 1 aromatic heterocycles. The minimum Gasteiger partial charge on any atom is -0.399 e. The summed E-state index contributed by atoms with van der Waals surface area (Å²) >= 11 is 11.9. The summed E-state index contributed by atoms with van der Waals surface area (Å²) in [6.45, 7) is 0. The summed E-state index contributed by atoms with van der Waals surface area (Å²) in [5, 5.41) is 1.49. The van der Waals surface area contributed by atoms with Gasteiger partial charge in [-0.15, -0.1) is 0 Å². The van der Waals surface area contributed by atoms with Crippen LogP contribution in [-0.4, -0.2) is 21.4 Å². The summed E-state index contributed by atoms with van der Waals surface area (Å²) in [5.74, 6) is -0.609. The van der Waals surface area contributed by atoms with E-state index in [0.29, 0.717) is 26.1 Å². The first-order valence-electron chi connectivity index (χ1n) is 6.86. The zero-order chi connectivity index (χ0) is 17.5. The number of fused-ring (bicyclic) bond motifs is 1. The molecule has 0 bridgehead atoms. The first-order chi connectivity index (χ1) is 11.3. The molecule has 3 rings (SSSR count). The van der Waals surface area contributed by atoms with Crippen molar-refractivity contribution in [1.82, 2.24) is 4.98 Å². The quantitative estimate of drug-likeness (QED) is 0.646. The molecule has 0 aliphatic carbocycles. The average molecular weight is 382 g/mol. The van der Waals surface area contributed by atoms with E-state index in [1.165, 1.54) is 6.26 Å². The Kier molecular flexibility index (Phi) is 4.29. The molecule has 0 saturated heterocycles. The van der Waals surface area contributed by atoms with Crippen molar-refractivity contribution in [3.63, 3.8) is 0 Å². The second kappa shape index (κ2) is 6.12. The Hall–Kier alpha value is -2.02. The Morgan fingerprint density at radius 3 is 2.42 bits per heavy atom. The standard InChI is InChI=1S/C16H13Cl2N3O2S/c1-24(23,11-4-2-10(19)3-5-11)21-16(22)15-7-9-6-12(17)13(18)8-14(9)20-15/h2-8,20H,19H2,1H3. The molecule has 1 unspecified atom stereocenters. The molecule has 5 nitrogen and oxygen atoms in total. The van der Waals surface area contributed by atoms with Gasteiger partial charge in [-0.25, -0.2) is 4.21 Å². The highest BCUT2D eigenvalue weighted by Crippen LogP contribution is 2.28. The van der Waals surface area contributed by atoms with Gasteiger partial charge in [0.1, 0.15) is 5.69 Å². The zero-order valence-electron chi connectivity index (χ0n) is 12.5. The summed E-state index contributed by atoms with van der Waals surface area (Å²) in [6.07, 6.45) is 1.41. The van der Waals surface area contributed by atoms with E-state index in [1.54, 1.807) is 42.5 Å². The van der Waals surface area contributed by atoms with Gasteiger partial charge in [0.25, 0.3) is 0 Å². The van der Waals surface area contributed by atoms with Crippen molar-refractivity contribution in [2.45, 2.75) is 4.90 Å². The highest BCUT2D eigenvalue weighted by atomic mass is 35.5. The smallest absolute Gasteiger partial charge is 0.301 e. The van der Waals surface area contributed by atoms with Crippen LogP contribution in [0.4, 0.5) is 5.69 Å². The Morgan fingerprint density at radius 1 is 1.12 bits per heavy atom. The van der Waals surface area contributed by atoms with Crippen LogP contribution in [0, 0.1) is 0 Å². The van der Waals surface area contributed by atoms with E-state index in [4.69, 9.17) is 28.9 Å². The number of amides is 1. The number of carbonyl (C=O) groups excluding carboxylic acids is 1. The highest BCUT2D eigenvalue weighted by molar-refractivity contribution is 7.93. The summed E-state index contributed by atoms with van der Waals surface area (Å²) in [4.78, 5) is 15.7. The third kappa shape index (κ3) is 3.26. The van der Waals surface area contributed by atoms with E-state index in [-0.39, 0.29) is 5.69 Å². The van der Waals surface area contributed by atoms with Gasteiger partial charge in [0.15, 0.2) is 0 Å². The molecule has 0 spiro atoms. The Labute approximate surface area is 148 Å². The summed E-state index contributed by atoms with van der Waals surface area (Å²) in [5.41, 5.74) is 7.03. The number of hydrogen-bond acceptors (Lipinski definition) is 3. The number of H-pyrrole nitrogens is 1. The van der Waals surface area contributed by atoms with Gasteiger partial charge in [0, 0.05) is 27.7 Å². The van der Waals surface area contributed by atoms with Gasteiger partial charge < -0.3 is 10.7 Å². The number of benzene rings is 2. The first-order valence-corrected chi connectivity index (χ1v) is 9.54. The van der Waals surface area contributed by atoms with E-state index in [2.05, 4.69) is 9.35 Å². The average Bonchev–Trinajstić information content (AvgIpc) is 2.90. The number of halogens is 2. The number of aromatic amines is 1. The lowest BCUT2D eigenvalue weighted by atomic mass is 10.2. The first kappa shape index (κ1) is 16.8. The monoisotopic (exact) mass is 381 g/mol. The number of nitrogens with one attached hydrogen (secondary N) is 1. The van der Waals surface area contributed by atoms with Crippen molar-refractivity contribution in [1.29, 1.82) is 0 Å². The molecule has 0 aliphatic heterocycles. The van der Waals surface area contributed by atoms with E-state index >= 15 is 0 Å². The van der Waals surface area contributed by atoms with Crippen LogP contribution in [0.3, 0.4) is 0 Å². The number of nitrogens with two attached hydrogens (primary N) is 1. The minimum absolute atomic E-state index is 0.216. The van der Waals surface area contributed by atoms with E-state index in [1.807, 2.05) is 0 Å². The van der Waals surface area contributed by atoms with Crippen molar-refractivity contribution >= 4 is 55.4 Å². The molecule has 0 aliphatic rings. The predicted octanol–water partition coefficient (Wildman–Crippen LogP) is 4.35. The Balaban J connectivity index is 2.02. The van der Waals surface area contributed by atoms with Crippen LogP contribution < -0.4 is 5.73 Å². The number of aromatic nitrogens is 1. The molecule has 0 saturated carbocycles. The van der Waals surface area contributed by atoms with E-state index < -0.39 is 15.6 Å². The normalized spacial score (nSPS) is 13.6. The van der Waals surface area contributed by atoms with Crippen molar-refractivity contribution in [2.75, 3.05) is 12.0 Å². The van der Waals surface area contributed by atoms with Gasteiger partial charge in [-0.3, -0.25) is 4.79 Å². The van der Waals surface area contributed by atoms with Crippen LogP contribution in [0.15, 0.2) is 51.7 Å². The SMILES string of the molecule is CS(=O)(=NC(=O)c1cc2cc(Cl)c(Cl)cc2[nH]1)c1ccc(N)cc1. The van der Waals surface area contributed by atoms with Gasteiger partial charge in [-0.05, 0) is 42.5 Å². The molecule has 2 aromatic carbocycles. The van der Waals surface area contributed by atoms with Crippen LogP contribution in [0.1, 0.15) is 10.5 Å². The topological polar surface area (TPSA) is 88.3 Å². The Bertz CT molecular complexity index is 1030. The van der Waals surface area contributed by atoms with Crippen molar-refractivity contribution in [3.05, 3.63) is 58.2 Å². The van der Waals surface area contributed by atoms with Gasteiger partial charge in [-0.2, -0.15) is 4.36 Å². The van der Waals surface area contributed by atoms with Crippen LogP contribution in [0.25, 0.3) is 10.9 Å². The number of rotatable bonds is 2. The molecule has 0 radical (unpaired) electrons. The fourth-order valence-electron chi connectivity index (χ4n) is 2.22. The molecule has 0 fully saturated rings. The summed E-state index contributed by atoms with van der Waals surface area (Å²) in [6, 6.07) is 11.3. The number of hydrogen-bond donors (Lipinski definition) is 2. The molecule has 1 atom stereocenters. The highest BCUT2D eigenvalue weighted by Gasteiger charge is 2.14. The molecular formula is C16H13Cl2N3O2S. The van der Waals surface area contributed by atoms with Crippen LogP contribution in [0.2, 0.25) is 10.0 Å². The molecule has 24 heavy (non-hydrogen) atoms. The second-order valence-electron chi connectivity index (χ2n) is 5.30. The fraction of sp³-hybridized carbons (Fsp3) is 0.0625. The van der Waals surface area contributed by atoms with E-state index in [9.17, 15) is 9.00 Å². The molecule has 3 N–H and O–H groups in total. The largest absolute Gasteiger partial charge is 0.399 e.